The lowest BCUT2D eigenvalue weighted by Gasteiger charge is -2.19. The van der Waals surface area contributed by atoms with Crippen LogP contribution in [0.1, 0.15) is 19.4 Å². The fourth-order valence-electron chi connectivity index (χ4n) is 1.51. The molecule has 0 bridgehead atoms. The number of carboxylic acid groups (broad SMARTS) is 1. The van der Waals surface area contributed by atoms with Crippen molar-refractivity contribution in [2.75, 3.05) is 6.61 Å². The summed E-state index contributed by atoms with van der Waals surface area (Å²) in [7, 11) is -3.66. The molecule has 2 unspecified atom stereocenters. The Morgan fingerprint density at radius 3 is 2.33 bits per heavy atom. The first kappa shape index (κ1) is 17.4. The summed E-state index contributed by atoms with van der Waals surface area (Å²) in [4.78, 5) is 10.5. The van der Waals surface area contributed by atoms with Gasteiger partial charge in [0, 0.05) is 18.7 Å². The van der Waals surface area contributed by atoms with Crippen LogP contribution < -0.4 is 4.72 Å². The average Bonchev–Trinajstić information content (AvgIpc) is 2.44. The molecule has 0 aromatic heterocycles. The van der Waals surface area contributed by atoms with Gasteiger partial charge in [0.2, 0.25) is 10.0 Å². The van der Waals surface area contributed by atoms with E-state index in [1.54, 1.807) is 13.8 Å². The van der Waals surface area contributed by atoms with E-state index in [1.165, 1.54) is 30.3 Å². The molecule has 0 saturated heterocycles. The summed E-state index contributed by atoms with van der Waals surface area (Å²) >= 11 is 0. The largest absolute Gasteiger partial charge is 0.478 e. The lowest BCUT2D eigenvalue weighted by atomic mass is 10.1. The molecule has 1 aromatic rings. The minimum atomic E-state index is -3.66. The van der Waals surface area contributed by atoms with Gasteiger partial charge in [0.05, 0.1) is 4.90 Å². The van der Waals surface area contributed by atoms with E-state index in [9.17, 15) is 13.2 Å². The molecule has 0 aliphatic rings. The highest BCUT2D eigenvalue weighted by molar-refractivity contribution is 7.89. The minimum absolute atomic E-state index is 0.0898. The van der Waals surface area contributed by atoms with Gasteiger partial charge in [0.1, 0.15) is 0 Å². The smallest absolute Gasteiger partial charge is 0.328 e. The van der Waals surface area contributed by atoms with E-state index < -0.39 is 22.0 Å². The number of aliphatic carboxylic acids is 1. The van der Waals surface area contributed by atoms with Crippen molar-refractivity contribution in [1.29, 1.82) is 0 Å². The van der Waals surface area contributed by atoms with E-state index in [1.807, 2.05) is 0 Å². The number of hydrogen-bond acceptors (Lipinski definition) is 4. The second-order valence-electron chi connectivity index (χ2n) is 4.81. The summed E-state index contributed by atoms with van der Waals surface area (Å²) in [6.45, 7) is 3.32. The molecule has 0 saturated carbocycles. The molecule has 0 spiro atoms. The van der Waals surface area contributed by atoms with Crippen LogP contribution in [0.5, 0.6) is 0 Å². The Bertz CT molecular complexity index is 607. The second kappa shape index (κ2) is 7.35. The third kappa shape index (κ3) is 5.30. The van der Waals surface area contributed by atoms with Crippen LogP contribution in [0.25, 0.3) is 6.08 Å². The molecule has 6 nitrogen and oxygen atoms in total. The van der Waals surface area contributed by atoms with Crippen molar-refractivity contribution in [2.24, 2.45) is 5.92 Å². The summed E-state index contributed by atoms with van der Waals surface area (Å²) in [6.07, 6.45) is 2.36. The van der Waals surface area contributed by atoms with Crippen LogP contribution in [-0.4, -0.2) is 37.2 Å². The van der Waals surface area contributed by atoms with Crippen LogP contribution in [0.2, 0.25) is 0 Å². The number of carbonyl (C=O) groups is 1. The molecule has 1 aromatic carbocycles. The Labute approximate surface area is 124 Å². The fraction of sp³-hybridized carbons (Fsp3) is 0.357. The molecular weight excluding hydrogens is 294 g/mol. The zero-order valence-corrected chi connectivity index (χ0v) is 12.7. The Hall–Kier alpha value is -1.70. The Morgan fingerprint density at radius 2 is 1.86 bits per heavy atom. The van der Waals surface area contributed by atoms with Crippen LogP contribution in [0, 0.1) is 5.92 Å². The third-order valence-electron chi connectivity index (χ3n) is 3.09. The van der Waals surface area contributed by atoms with Gasteiger partial charge in [-0.25, -0.2) is 17.9 Å². The van der Waals surface area contributed by atoms with Crippen molar-refractivity contribution >= 4 is 22.1 Å². The fourth-order valence-corrected chi connectivity index (χ4v) is 2.86. The average molecular weight is 313 g/mol. The number of aliphatic hydroxyl groups is 1. The number of rotatable bonds is 7. The van der Waals surface area contributed by atoms with E-state index in [0.29, 0.717) is 5.56 Å². The number of sulfonamides is 1. The standard InChI is InChI=1S/C14H19NO5S/c1-10(9-16)11(2)15-21(19,20)13-6-3-12(4-7-13)5-8-14(17)18/h3-8,10-11,15-16H,9H2,1-2H3,(H,17,18)/b8-5+. The van der Waals surface area contributed by atoms with Gasteiger partial charge in [-0.3, -0.25) is 0 Å². The monoisotopic (exact) mass is 313 g/mol. The summed E-state index contributed by atoms with van der Waals surface area (Å²) in [5, 5.41) is 17.5. The molecule has 0 aliphatic heterocycles. The van der Waals surface area contributed by atoms with Gasteiger partial charge in [-0.1, -0.05) is 19.1 Å². The first-order valence-electron chi connectivity index (χ1n) is 6.40. The quantitative estimate of drug-likeness (QED) is 0.654. The van der Waals surface area contributed by atoms with Gasteiger partial charge in [-0.05, 0) is 36.6 Å². The van der Waals surface area contributed by atoms with Crippen LogP contribution >= 0.6 is 0 Å². The van der Waals surface area contributed by atoms with Crippen molar-refractivity contribution in [3.63, 3.8) is 0 Å². The van der Waals surface area contributed by atoms with E-state index in [-0.39, 0.29) is 17.4 Å². The minimum Gasteiger partial charge on any atom is -0.478 e. The van der Waals surface area contributed by atoms with Crippen molar-refractivity contribution in [1.82, 2.24) is 4.72 Å². The molecule has 2 atom stereocenters. The summed E-state index contributed by atoms with van der Waals surface area (Å²) in [5.41, 5.74) is 0.591. The Morgan fingerprint density at radius 1 is 1.29 bits per heavy atom. The zero-order chi connectivity index (χ0) is 16.0. The van der Waals surface area contributed by atoms with Crippen LogP contribution in [0.15, 0.2) is 35.2 Å². The van der Waals surface area contributed by atoms with E-state index in [4.69, 9.17) is 10.2 Å². The molecule has 7 heteroatoms. The molecule has 21 heavy (non-hydrogen) atoms. The molecule has 0 heterocycles. The third-order valence-corrected chi connectivity index (χ3v) is 4.67. The van der Waals surface area contributed by atoms with Gasteiger partial charge < -0.3 is 10.2 Å². The van der Waals surface area contributed by atoms with Gasteiger partial charge in [0.15, 0.2) is 0 Å². The van der Waals surface area contributed by atoms with E-state index in [2.05, 4.69) is 4.72 Å². The summed E-state index contributed by atoms with van der Waals surface area (Å²) in [5.74, 6) is -1.27. The van der Waals surface area contributed by atoms with Crippen molar-refractivity contribution in [3.8, 4) is 0 Å². The Kier molecular flexibility index (Phi) is 6.07. The van der Waals surface area contributed by atoms with Crippen molar-refractivity contribution < 1.29 is 23.4 Å². The number of nitrogens with one attached hydrogen (secondary N) is 1. The van der Waals surface area contributed by atoms with Gasteiger partial charge in [0.25, 0.3) is 0 Å². The summed E-state index contributed by atoms with van der Waals surface area (Å²) < 4.78 is 26.8. The number of aliphatic hydroxyl groups excluding tert-OH is 1. The first-order valence-corrected chi connectivity index (χ1v) is 7.89. The zero-order valence-electron chi connectivity index (χ0n) is 11.9. The van der Waals surface area contributed by atoms with Crippen LogP contribution in [-0.2, 0) is 14.8 Å². The Balaban J connectivity index is 2.87. The maximum Gasteiger partial charge on any atom is 0.328 e. The van der Waals surface area contributed by atoms with E-state index >= 15 is 0 Å². The molecule has 0 fully saturated rings. The topological polar surface area (TPSA) is 104 Å². The molecular formula is C14H19NO5S. The van der Waals surface area contributed by atoms with Crippen molar-refractivity contribution in [3.05, 3.63) is 35.9 Å². The molecule has 0 radical (unpaired) electrons. The van der Waals surface area contributed by atoms with Gasteiger partial charge in [-0.15, -0.1) is 0 Å². The number of benzene rings is 1. The first-order chi connectivity index (χ1) is 9.76. The predicted octanol–water partition coefficient (Wildman–Crippen LogP) is 1.08. The van der Waals surface area contributed by atoms with E-state index in [0.717, 1.165) is 6.08 Å². The summed E-state index contributed by atoms with van der Waals surface area (Å²) in [6, 6.07) is 5.45. The maximum absolute atomic E-state index is 12.1. The molecule has 0 aliphatic carbocycles. The predicted molar refractivity (Wildman–Crippen MR) is 79.1 cm³/mol. The molecule has 3 N–H and O–H groups in total. The van der Waals surface area contributed by atoms with Gasteiger partial charge in [-0.2, -0.15) is 0 Å². The highest BCUT2D eigenvalue weighted by atomic mass is 32.2. The van der Waals surface area contributed by atoms with Crippen molar-refractivity contribution in [2.45, 2.75) is 24.8 Å². The number of carboxylic acids is 1. The molecule has 116 valence electrons. The van der Waals surface area contributed by atoms with Gasteiger partial charge >= 0.3 is 5.97 Å². The highest BCUT2D eigenvalue weighted by Gasteiger charge is 2.20. The maximum atomic E-state index is 12.1. The second-order valence-corrected chi connectivity index (χ2v) is 6.52. The normalized spacial score (nSPS) is 15.0. The SMILES string of the molecule is CC(CO)C(C)NS(=O)(=O)c1ccc(/C=C/C(=O)O)cc1. The number of hydrogen-bond donors (Lipinski definition) is 3. The highest BCUT2D eigenvalue weighted by Crippen LogP contribution is 2.13. The lowest BCUT2D eigenvalue weighted by molar-refractivity contribution is -0.131. The lowest BCUT2D eigenvalue weighted by Crippen LogP contribution is -2.38. The molecule has 0 amide bonds. The van der Waals surface area contributed by atoms with Crippen LogP contribution in [0.3, 0.4) is 0 Å². The van der Waals surface area contributed by atoms with Crippen LogP contribution in [0.4, 0.5) is 0 Å². The molecule has 1 rings (SSSR count).